The van der Waals surface area contributed by atoms with E-state index in [2.05, 4.69) is 34.5 Å². The number of hydrogen-bond acceptors (Lipinski definition) is 6. The molecule has 0 saturated carbocycles. The number of carbonyl (C=O) groups excluding carboxylic acids is 2. The van der Waals surface area contributed by atoms with Crippen molar-refractivity contribution in [3.63, 3.8) is 0 Å². The molecule has 0 aliphatic carbocycles. The van der Waals surface area contributed by atoms with Gasteiger partial charge in [0.05, 0.1) is 17.5 Å². The Morgan fingerprint density at radius 1 is 0.838 bits per heavy atom. The summed E-state index contributed by atoms with van der Waals surface area (Å²) in [6.45, 7) is 3.80. The number of anilines is 1. The second-order valence-corrected chi connectivity index (χ2v) is 10.7. The fourth-order valence-corrected chi connectivity index (χ4v) is 5.92. The highest BCUT2D eigenvalue weighted by Gasteiger charge is 2.32. The number of carbonyl (C=O) groups is 2. The van der Waals surface area contributed by atoms with Crippen LogP contribution in [0.15, 0.2) is 89.8 Å². The number of amides is 1. The minimum absolute atomic E-state index is 0.0461. The first-order chi connectivity index (χ1) is 17.9. The Morgan fingerprint density at radius 3 is 1.89 bits per heavy atom. The molecule has 1 N–H and O–H groups in total. The molecule has 1 aliphatic rings. The van der Waals surface area contributed by atoms with Crippen molar-refractivity contribution in [1.29, 1.82) is 0 Å². The normalized spacial score (nSPS) is 14.9. The lowest BCUT2D eigenvalue weighted by Gasteiger charge is -2.39. The van der Waals surface area contributed by atoms with Crippen LogP contribution in [0, 0.1) is 0 Å². The van der Waals surface area contributed by atoms with Crippen molar-refractivity contribution in [3.05, 3.63) is 96.1 Å². The highest BCUT2D eigenvalue weighted by molar-refractivity contribution is 7.89. The summed E-state index contributed by atoms with van der Waals surface area (Å²) >= 11 is 0. The van der Waals surface area contributed by atoms with Crippen molar-refractivity contribution in [2.45, 2.75) is 24.3 Å². The van der Waals surface area contributed by atoms with Crippen molar-refractivity contribution in [2.24, 2.45) is 0 Å². The van der Waals surface area contributed by atoms with E-state index < -0.39 is 28.3 Å². The van der Waals surface area contributed by atoms with Gasteiger partial charge in [0.15, 0.2) is 0 Å². The molecule has 0 radical (unpaired) electrons. The lowest BCUT2D eigenvalue weighted by Crippen LogP contribution is -2.49. The van der Waals surface area contributed by atoms with Crippen LogP contribution in [0.25, 0.3) is 0 Å². The molecule has 1 saturated heterocycles. The molecule has 4 rings (SSSR count). The zero-order chi connectivity index (χ0) is 26.3. The van der Waals surface area contributed by atoms with E-state index in [0.717, 1.165) is 0 Å². The van der Waals surface area contributed by atoms with Crippen LogP contribution in [0.1, 0.15) is 30.5 Å². The third-order valence-corrected chi connectivity index (χ3v) is 8.17. The number of hydrogen-bond donors (Lipinski definition) is 1. The number of sulfonamides is 1. The minimum Gasteiger partial charge on any atom is -0.466 e. The monoisotopic (exact) mass is 521 g/mol. The van der Waals surface area contributed by atoms with Crippen molar-refractivity contribution >= 4 is 27.6 Å². The molecule has 0 atom stereocenters. The number of nitrogens with one attached hydrogen (secondary N) is 1. The highest BCUT2D eigenvalue weighted by Crippen LogP contribution is 2.30. The van der Waals surface area contributed by atoms with Gasteiger partial charge in [0.1, 0.15) is 6.42 Å². The number of benzene rings is 3. The average Bonchev–Trinajstić information content (AvgIpc) is 2.91. The molecular weight excluding hydrogens is 490 g/mol. The summed E-state index contributed by atoms with van der Waals surface area (Å²) in [5.74, 6) is -1.13. The number of piperazine rings is 1. The van der Waals surface area contributed by atoms with Crippen LogP contribution in [-0.2, 0) is 24.3 Å². The van der Waals surface area contributed by atoms with Gasteiger partial charge in [0, 0.05) is 31.9 Å². The molecule has 3 aromatic carbocycles. The predicted octanol–water partition coefficient (Wildman–Crippen LogP) is 3.67. The summed E-state index contributed by atoms with van der Waals surface area (Å²) in [4.78, 5) is 25.9. The first-order valence-electron chi connectivity index (χ1n) is 12.3. The second-order valence-electron chi connectivity index (χ2n) is 8.72. The molecule has 0 bridgehead atoms. The van der Waals surface area contributed by atoms with Crippen LogP contribution in [0.2, 0.25) is 0 Å². The number of nitrogens with zero attached hydrogens (tertiary/aromatic N) is 2. The van der Waals surface area contributed by atoms with Gasteiger partial charge in [-0.2, -0.15) is 4.31 Å². The zero-order valence-corrected chi connectivity index (χ0v) is 21.6. The molecule has 37 heavy (non-hydrogen) atoms. The van der Waals surface area contributed by atoms with Crippen LogP contribution in [0.4, 0.5) is 5.69 Å². The van der Waals surface area contributed by atoms with Gasteiger partial charge in [-0.05, 0) is 42.3 Å². The number of rotatable bonds is 9. The zero-order valence-electron chi connectivity index (χ0n) is 20.7. The van der Waals surface area contributed by atoms with Crippen LogP contribution >= 0.6 is 0 Å². The number of ether oxygens (including phenoxy) is 1. The van der Waals surface area contributed by atoms with Gasteiger partial charge < -0.3 is 10.1 Å². The van der Waals surface area contributed by atoms with Gasteiger partial charge in [-0.25, -0.2) is 8.42 Å². The van der Waals surface area contributed by atoms with Crippen LogP contribution in [-0.4, -0.2) is 62.3 Å². The Bertz CT molecular complexity index is 1250. The van der Waals surface area contributed by atoms with Crippen LogP contribution in [0.3, 0.4) is 0 Å². The Labute approximate surface area is 217 Å². The largest absolute Gasteiger partial charge is 0.466 e. The van der Waals surface area contributed by atoms with Gasteiger partial charge in [-0.15, -0.1) is 0 Å². The summed E-state index contributed by atoms with van der Waals surface area (Å²) in [7, 11) is -3.69. The van der Waals surface area contributed by atoms with Crippen molar-refractivity contribution in [2.75, 3.05) is 38.1 Å². The molecule has 8 nitrogen and oxygen atoms in total. The van der Waals surface area contributed by atoms with Gasteiger partial charge in [-0.1, -0.05) is 60.7 Å². The van der Waals surface area contributed by atoms with E-state index >= 15 is 0 Å². The molecule has 0 spiro atoms. The van der Waals surface area contributed by atoms with Gasteiger partial charge in [0.25, 0.3) is 0 Å². The maximum Gasteiger partial charge on any atom is 0.315 e. The summed E-state index contributed by atoms with van der Waals surface area (Å²) in [5.41, 5.74) is 2.75. The Hall–Kier alpha value is -3.53. The van der Waals surface area contributed by atoms with E-state index in [1.807, 2.05) is 36.4 Å². The van der Waals surface area contributed by atoms with Crippen molar-refractivity contribution in [3.8, 4) is 0 Å². The molecular formula is C28H31N3O5S. The fourth-order valence-electron chi connectivity index (χ4n) is 4.49. The molecule has 0 aromatic heterocycles. The first-order valence-corrected chi connectivity index (χ1v) is 13.7. The molecule has 1 aliphatic heterocycles. The fraction of sp³-hybridized carbons (Fsp3) is 0.286. The lowest BCUT2D eigenvalue weighted by molar-refractivity contribution is -0.145. The van der Waals surface area contributed by atoms with E-state index in [1.165, 1.54) is 39.7 Å². The minimum atomic E-state index is -3.69. The molecule has 1 heterocycles. The smallest absolute Gasteiger partial charge is 0.315 e. The summed E-state index contributed by atoms with van der Waals surface area (Å²) in [5, 5.41) is 2.58. The third-order valence-electron chi connectivity index (χ3n) is 6.26. The Morgan fingerprint density at radius 2 is 1.38 bits per heavy atom. The first kappa shape index (κ1) is 26.5. The quantitative estimate of drug-likeness (QED) is 0.341. The van der Waals surface area contributed by atoms with E-state index in [9.17, 15) is 18.0 Å². The summed E-state index contributed by atoms with van der Waals surface area (Å²) < 4.78 is 32.9. The van der Waals surface area contributed by atoms with Crippen LogP contribution in [0.5, 0.6) is 0 Å². The summed E-state index contributed by atoms with van der Waals surface area (Å²) in [6, 6.07) is 26.5. The second kappa shape index (κ2) is 12.1. The molecule has 194 valence electrons. The van der Waals surface area contributed by atoms with Crippen molar-refractivity contribution in [1.82, 2.24) is 9.21 Å². The van der Waals surface area contributed by atoms with Gasteiger partial charge in [0.2, 0.25) is 15.9 Å². The SMILES string of the molecule is CCOC(=O)CC(=O)Nc1ccc(S(=O)(=O)N2CCN(C(c3ccccc3)c3ccccc3)CC2)cc1. The van der Waals surface area contributed by atoms with Gasteiger partial charge in [-0.3, -0.25) is 14.5 Å². The highest BCUT2D eigenvalue weighted by atomic mass is 32.2. The maximum absolute atomic E-state index is 13.3. The van der Waals surface area contributed by atoms with E-state index in [0.29, 0.717) is 31.9 Å². The molecule has 9 heteroatoms. The summed E-state index contributed by atoms with van der Waals surface area (Å²) in [6.07, 6.45) is -0.398. The lowest BCUT2D eigenvalue weighted by atomic mass is 9.96. The Balaban J connectivity index is 1.41. The maximum atomic E-state index is 13.3. The molecule has 0 unspecified atom stereocenters. The predicted molar refractivity (Wildman–Crippen MR) is 141 cm³/mol. The average molecular weight is 522 g/mol. The number of esters is 1. The third kappa shape index (κ3) is 6.62. The Kier molecular flexibility index (Phi) is 8.70. The van der Waals surface area contributed by atoms with Crippen molar-refractivity contribution < 1.29 is 22.7 Å². The molecule has 1 fully saturated rings. The van der Waals surface area contributed by atoms with E-state index in [4.69, 9.17) is 4.74 Å². The topological polar surface area (TPSA) is 96.0 Å². The standard InChI is InChI=1S/C28H31N3O5S/c1-2-36-27(33)21-26(32)29-24-13-15-25(16-14-24)37(34,35)31-19-17-30(18-20-31)28(22-9-5-3-6-10-22)23-11-7-4-8-12-23/h3-16,28H,2,17-21H2,1H3,(H,29,32). The van der Waals surface area contributed by atoms with E-state index in [1.54, 1.807) is 6.92 Å². The molecule has 1 amide bonds. The van der Waals surface area contributed by atoms with Crippen LogP contribution < -0.4 is 5.32 Å². The van der Waals surface area contributed by atoms with E-state index in [-0.39, 0.29) is 17.5 Å². The molecule has 3 aromatic rings. The van der Waals surface area contributed by atoms with Gasteiger partial charge >= 0.3 is 5.97 Å².